The van der Waals surface area contributed by atoms with Crippen molar-refractivity contribution in [3.05, 3.63) is 64.7 Å². The van der Waals surface area contributed by atoms with E-state index in [-0.39, 0.29) is 12.0 Å². The summed E-state index contributed by atoms with van der Waals surface area (Å²) >= 11 is 5.33. The van der Waals surface area contributed by atoms with Gasteiger partial charge in [0, 0.05) is 5.69 Å². The minimum Gasteiger partial charge on any atom is -0.355 e. The number of rotatable bonds is 4. The van der Waals surface area contributed by atoms with Crippen LogP contribution in [0.4, 0.5) is 18.9 Å². The normalized spacial score (nSPS) is 12.8. The molecule has 0 aromatic heterocycles. The van der Waals surface area contributed by atoms with Gasteiger partial charge in [0.15, 0.2) is 5.11 Å². The summed E-state index contributed by atoms with van der Waals surface area (Å²) in [5, 5.41) is 6.39. The van der Waals surface area contributed by atoms with E-state index in [9.17, 15) is 13.2 Å². The molecule has 2 aromatic rings. The van der Waals surface area contributed by atoms with Gasteiger partial charge in [-0.1, -0.05) is 43.7 Å². The first-order valence-electron chi connectivity index (χ1n) is 8.40. The average molecular weight is 380 g/mol. The third kappa shape index (κ3) is 5.21. The minimum absolute atomic E-state index is 0.0404. The molecule has 0 amide bonds. The first kappa shape index (κ1) is 20.2. The predicted molar refractivity (Wildman–Crippen MR) is 104 cm³/mol. The van der Waals surface area contributed by atoms with Gasteiger partial charge >= 0.3 is 6.18 Å². The second kappa shape index (κ2) is 8.08. The number of alkyl halides is 3. The summed E-state index contributed by atoms with van der Waals surface area (Å²) in [5.74, 6) is 0.248. The fraction of sp³-hybridized carbons (Fsp3) is 0.350. The Balaban J connectivity index is 2.16. The summed E-state index contributed by atoms with van der Waals surface area (Å²) in [5.41, 5.74) is 3.05. The Morgan fingerprint density at radius 1 is 1.04 bits per heavy atom. The fourth-order valence-electron chi connectivity index (χ4n) is 2.86. The lowest BCUT2D eigenvalue weighted by Crippen LogP contribution is -2.35. The molecule has 0 saturated heterocycles. The smallest absolute Gasteiger partial charge is 0.355 e. The van der Waals surface area contributed by atoms with Crippen molar-refractivity contribution in [2.75, 3.05) is 5.32 Å². The summed E-state index contributed by atoms with van der Waals surface area (Å²) in [6, 6.07) is 11.2. The second-order valence-corrected chi connectivity index (χ2v) is 7.17. The number of hydrogen-bond acceptors (Lipinski definition) is 1. The molecule has 0 unspecified atom stereocenters. The molecule has 0 bridgehead atoms. The number of aryl methyl sites for hydroxylation is 2. The van der Waals surface area contributed by atoms with Crippen molar-refractivity contribution < 1.29 is 13.2 Å². The quantitative estimate of drug-likeness (QED) is 0.636. The van der Waals surface area contributed by atoms with Crippen molar-refractivity contribution in [3.63, 3.8) is 0 Å². The van der Waals surface area contributed by atoms with Crippen LogP contribution in [0.25, 0.3) is 0 Å². The van der Waals surface area contributed by atoms with E-state index in [0.717, 1.165) is 23.3 Å². The van der Waals surface area contributed by atoms with E-state index >= 15 is 0 Å². The third-order valence-corrected chi connectivity index (χ3v) is 4.38. The Morgan fingerprint density at radius 2 is 1.73 bits per heavy atom. The highest BCUT2D eigenvalue weighted by atomic mass is 32.1. The van der Waals surface area contributed by atoms with Crippen LogP contribution in [-0.4, -0.2) is 5.11 Å². The molecule has 0 aliphatic carbocycles. The van der Waals surface area contributed by atoms with Crippen LogP contribution in [0.1, 0.15) is 42.1 Å². The van der Waals surface area contributed by atoms with Gasteiger partial charge in [0.1, 0.15) is 0 Å². The van der Waals surface area contributed by atoms with Crippen molar-refractivity contribution in [2.24, 2.45) is 5.92 Å². The summed E-state index contributed by atoms with van der Waals surface area (Å²) in [6.07, 6.45) is -4.38. The zero-order valence-electron chi connectivity index (χ0n) is 15.2. The molecule has 0 heterocycles. The van der Waals surface area contributed by atoms with E-state index in [2.05, 4.69) is 36.6 Å². The number of benzene rings is 2. The van der Waals surface area contributed by atoms with Crippen LogP contribution in [0.5, 0.6) is 0 Å². The molecular formula is C20H23F3N2S. The fourth-order valence-corrected chi connectivity index (χ4v) is 3.10. The molecule has 2 N–H and O–H groups in total. The Labute approximate surface area is 157 Å². The van der Waals surface area contributed by atoms with Gasteiger partial charge in [0.25, 0.3) is 0 Å². The van der Waals surface area contributed by atoms with E-state index in [1.165, 1.54) is 11.6 Å². The maximum Gasteiger partial charge on any atom is 0.416 e. The van der Waals surface area contributed by atoms with Gasteiger partial charge in [-0.3, -0.25) is 0 Å². The molecule has 6 heteroatoms. The van der Waals surface area contributed by atoms with Gasteiger partial charge in [-0.15, -0.1) is 0 Å². The standard InChI is InChI=1S/C20H23F3N2S/c1-12(2)18(17-9-8-13(3)10-14(17)4)25-19(26)24-16-7-5-6-15(11-16)20(21,22)23/h5-12,18H,1-4H3,(H2,24,25,26)/t18-/m0/s1. The Bertz CT molecular complexity index is 785. The maximum absolute atomic E-state index is 12.8. The third-order valence-electron chi connectivity index (χ3n) is 4.16. The molecule has 140 valence electrons. The van der Waals surface area contributed by atoms with Crippen molar-refractivity contribution in [2.45, 2.75) is 39.9 Å². The topological polar surface area (TPSA) is 24.1 Å². The second-order valence-electron chi connectivity index (χ2n) is 6.76. The highest BCUT2D eigenvalue weighted by molar-refractivity contribution is 7.80. The summed E-state index contributed by atoms with van der Waals surface area (Å²) in [6.45, 7) is 8.23. The van der Waals surface area contributed by atoms with E-state index in [1.807, 2.05) is 19.9 Å². The lowest BCUT2D eigenvalue weighted by atomic mass is 9.92. The van der Waals surface area contributed by atoms with Gasteiger partial charge in [-0.2, -0.15) is 13.2 Å². The highest BCUT2D eigenvalue weighted by Crippen LogP contribution is 2.31. The monoisotopic (exact) mass is 380 g/mol. The predicted octanol–water partition coefficient (Wildman–Crippen LogP) is 6.01. The zero-order chi connectivity index (χ0) is 19.5. The number of halogens is 3. The zero-order valence-corrected chi connectivity index (χ0v) is 16.1. The lowest BCUT2D eigenvalue weighted by Gasteiger charge is -2.26. The van der Waals surface area contributed by atoms with Crippen molar-refractivity contribution >= 4 is 23.0 Å². The van der Waals surface area contributed by atoms with E-state index in [0.29, 0.717) is 10.8 Å². The summed E-state index contributed by atoms with van der Waals surface area (Å²) < 4.78 is 38.5. The molecule has 2 aromatic carbocycles. The molecule has 0 spiro atoms. The van der Waals surface area contributed by atoms with Gasteiger partial charge in [-0.25, -0.2) is 0 Å². The van der Waals surface area contributed by atoms with Crippen LogP contribution in [0, 0.1) is 19.8 Å². The lowest BCUT2D eigenvalue weighted by molar-refractivity contribution is -0.137. The van der Waals surface area contributed by atoms with Gasteiger partial charge in [-0.05, 0) is 61.3 Å². The first-order valence-corrected chi connectivity index (χ1v) is 8.80. The number of anilines is 1. The van der Waals surface area contributed by atoms with Crippen LogP contribution in [-0.2, 0) is 6.18 Å². The van der Waals surface area contributed by atoms with Crippen LogP contribution in [0.3, 0.4) is 0 Å². The van der Waals surface area contributed by atoms with Crippen LogP contribution < -0.4 is 10.6 Å². The molecule has 2 rings (SSSR count). The first-order chi connectivity index (χ1) is 12.1. The molecule has 2 nitrogen and oxygen atoms in total. The molecule has 0 aliphatic heterocycles. The molecule has 1 atom stereocenters. The molecule has 0 saturated carbocycles. The molecule has 0 aliphatic rings. The number of hydrogen-bond donors (Lipinski definition) is 2. The summed E-state index contributed by atoms with van der Waals surface area (Å²) in [4.78, 5) is 0. The summed E-state index contributed by atoms with van der Waals surface area (Å²) in [7, 11) is 0. The Kier molecular flexibility index (Phi) is 6.29. The van der Waals surface area contributed by atoms with E-state index < -0.39 is 11.7 Å². The Hall–Kier alpha value is -2.08. The number of thiocarbonyl (C=S) groups is 1. The van der Waals surface area contributed by atoms with Gasteiger partial charge in [0.2, 0.25) is 0 Å². The van der Waals surface area contributed by atoms with Gasteiger partial charge in [0.05, 0.1) is 11.6 Å². The van der Waals surface area contributed by atoms with Crippen LogP contribution in [0.2, 0.25) is 0 Å². The van der Waals surface area contributed by atoms with Crippen LogP contribution >= 0.6 is 12.2 Å². The van der Waals surface area contributed by atoms with Crippen LogP contribution in [0.15, 0.2) is 42.5 Å². The molecular weight excluding hydrogens is 357 g/mol. The largest absolute Gasteiger partial charge is 0.416 e. The highest BCUT2D eigenvalue weighted by Gasteiger charge is 2.30. The molecule has 0 fully saturated rings. The molecule has 0 radical (unpaired) electrons. The van der Waals surface area contributed by atoms with Crippen molar-refractivity contribution in [3.8, 4) is 0 Å². The Morgan fingerprint density at radius 3 is 2.31 bits per heavy atom. The maximum atomic E-state index is 12.8. The minimum atomic E-state index is -4.38. The van der Waals surface area contributed by atoms with E-state index in [1.54, 1.807) is 6.07 Å². The number of nitrogens with one attached hydrogen (secondary N) is 2. The van der Waals surface area contributed by atoms with Crippen molar-refractivity contribution in [1.29, 1.82) is 0 Å². The van der Waals surface area contributed by atoms with Crippen molar-refractivity contribution in [1.82, 2.24) is 5.32 Å². The molecule has 26 heavy (non-hydrogen) atoms. The average Bonchev–Trinajstić information content (AvgIpc) is 2.52. The van der Waals surface area contributed by atoms with Gasteiger partial charge < -0.3 is 10.6 Å². The van der Waals surface area contributed by atoms with E-state index in [4.69, 9.17) is 12.2 Å². The SMILES string of the molecule is Cc1ccc([C@@H](NC(=S)Nc2cccc(C(F)(F)F)c2)C(C)C)c(C)c1.